The van der Waals surface area contributed by atoms with E-state index in [0.29, 0.717) is 11.1 Å². The van der Waals surface area contributed by atoms with Gasteiger partial charge in [-0.15, -0.1) is 0 Å². The molecule has 1 aromatic carbocycles. The molecule has 0 saturated heterocycles. The molecule has 0 spiro atoms. The summed E-state index contributed by atoms with van der Waals surface area (Å²) in [6.07, 6.45) is 0. The monoisotopic (exact) mass is 192 g/mol. The second-order valence-corrected chi connectivity index (χ2v) is 3.55. The summed E-state index contributed by atoms with van der Waals surface area (Å²) in [6, 6.07) is 3.16. The van der Waals surface area contributed by atoms with Crippen LogP contribution in [0.5, 0.6) is 0 Å². The first-order valence-corrected chi connectivity index (χ1v) is 4.40. The predicted molar refractivity (Wildman–Crippen MR) is 55.0 cm³/mol. The summed E-state index contributed by atoms with van der Waals surface area (Å²) < 4.78 is 13.5. The normalized spacial score (nSPS) is 10.0. The highest BCUT2D eigenvalue weighted by Crippen LogP contribution is 2.18. The number of hydrogen-bond acceptors (Lipinski definition) is 1. The highest BCUT2D eigenvalue weighted by atomic mass is 19.1. The Balaban J connectivity index is 3.35. The van der Waals surface area contributed by atoms with E-state index in [1.807, 2.05) is 0 Å². The van der Waals surface area contributed by atoms with Crippen molar-refractivity contribution in [1.29, 1.82) is 0 Å². The minimum Gasteiger partial charge on any atom is -0.289 e. The number of rotatable bonds is 2. The summed E-state index contributed by atoms with van der Waals surface area (Å²) in [5.41, 5.74) is 1.98. The molecule has 0 atom stereocenters. The molecule has 74 valence electrons. The maximum absolute atomic E-state index is 13.5. The smallest absolute Gasteiger partial charge is 0.191 e. The maximum atomic E-state index is 13.5. The molecule has 0 bridgehead atoms. The maximum Gasteiger partial charge on any atom is 0.191 e. The molecule has 0 unspecified atom stereocenters. The van der Waals surface area contributed by atoms with Gasteiger partial charge in [0.25, 0.3) is 0 Å². The Labute approximate surface area is 83.3 Å². The topological polar surface area (TPSA) is 17.1 Å². The molecule has 1 aromatic rings. The van der Waals surface area contributed by atoms with Crippen molar-refractivity contribution in [3.63, 3.8) is 0 Å². The Kier molecular flexibility index (Phi) is 2.84. The third-order valence-corrected chi connectivity index (χ3v) is 2.05. The highest BCUT2D eigenvalue weighted by molar-refractivity contribution is 6.09. The van der Waals surface area contributed by atoms with Crippen LogP contribution in [0.25, 0.3) is 0 Å². The molecule has 0 aliphatic carbocycles. The fourth-order valence-electron chi connectivity index (χ4n) is 1.42. The van der Waals surface area contributed by atoms with E-state index < -0.39 is 5.82 Å². The predicted octanol–water partition coefficient (Wildman–Crippen LogP) is 3.20. The lowest BCUT2D eigenvalue weighted by Gasteiger charge is -2.07. The summed E-state index contributed by atoms with van der Waals surface area (Å²) >= 11 is 0. The molecular weight excluding hydrogens is 179 g/mol. The molecule has 0 heterocycles. The van der Waals surface area contributed by atoms with Crippen LogP contribution in [-0.4, -0.2) is 5.78 Å². The first-order chi connectivity index (χ1) is 6.43. The van der Waals surface area contributed by atoms with Crippen LogP contribution in [-0.2, 0) is 0 Å². The molecule has 0 fully saturated rings. The Morgan fingerprint density at radius 2 is 1.93 bits per heavy atom. The molecule has 0 saturated carbocycles. The van der Waals surface area contributed by atoms with Gasteiger partial charge < -0.3 is 0 Å². The Morgan fingerprint density at radius 1 is 1.36 bits per heavy atom. The molecule has 0 N–H and O–H groups in total. The zero-order valence-corrected chi connectivity index (χ0v) is 8.65. The van der Waals surface area contributed by atoms with Crippen molar-refractivity contribution in [2.75, 3.05) is 0 Å². The van der Waals surface area contributed by atoms with Crippen molar-refractivity contribution in [2.45, 2.75) is 20.8 Å². The zero-order chi connectivity index (χ0) is 10.9. The third kappa shape index (κ3) is 1.90. The van der Waals surface area contributed by atoms with Crippen molar-refractivity contribution in [3.05, 3.63) is 46.8 Å². The van der Waals surface area contributed by atoms with Crippen LogP contribution in [0.4, 0.5) is 4.39 Å². The summed E-state index contributed by atoms with van der Waals surface area (Å²) in [5, 5.41) is 0. The SMILES string of the molecule is C=C(C)C(=O)c1c(C)cc(C)cc1F. The molecule has 14 heavy (non-hydrogen) atoms. The summed E-state index contributed by atoms with van der Waals surface area (Å²) in [6.45, 7) is 8.63. The van der Waals surface area contributed by atoms with Gasteiger partial charge in [0.1, 0.15) is 5.82 Å². The number of benzene rings is 1. The Bertz CT molecular complexity index is 382. The van der Waals surface area contributed by atoms with Gasteiger partial charge in [-0.05, 0) is 43.5 Å². The van der Waals surface area contributed by atoms with Gasteiger partial charge in [0.15, 0.2) is 5.78 Å². The lowest BCUT2D eigenvalue weighted by molar-refractivity contribution is 0.103. The number of hydrogen-bond donors (Lipinski definition) is 0. The third-order valence-electron chi connectivity index (χ3n) is 2.05. The molecule has 0 aliphatic rings. The molecular formula is C12H13FO. The number of ketones is 1. The van der Waals surface area contributed by atoms with Crippen LogP contribution >= 0.6 is 0 Å². The minimum absolute atomic E-state index is 0.142. The van der Waals surface area contributed by atoms with E-state index in [0.717, 1.165) is 5.56 Å². The number of allylic oxidation sites excluding steroid dienone is 1. The van der Waals surface area contributed by atoms with Crippen molar-refractivity contribution in [1.82, 2.24) is 0 Å². The number of halogens is 1. The van der Waals surface area contributed by atoms with Crippen molar-refractivity contribution in [3.8, 4) is 0 Å². The van der Waals surface area contributed by atoms with Gasteiger partial charge in [-0.25, -0.2) is 4.39 Å². The summed E-state index contributed by atoms with van der Waals surface area (Å²) in [4.78, 5) is 11.6. The fourth-order valence-corrected chi connectivity index (χ4v) is 1.42. The van der Waals surface area contributed by atoms with E-state index in [-0.39, 0.29) is 11.3 Å². The molecule has 2 heteroatoms. The second-order valence-electron chi connectivity index (χ2n) is 3.55. The van der Waals surface area contributed by atoms with Crippen molar-refractivity contribution >= 4 is 5.78 Å². The average Bonchev–Trinajstić information content (AvgIpc) is 2.01. The molecule has 1 rings (SSSR count). The molecule has 1 nitrogen and oxygen atoms in total. The number of Topliss-reactive ketones (excluding diaryl/α,β-unsaturated/α-hetero) is 1. The van der Waals surface area contributed by atoms with Gasteiger partial charge >= 0.3 is 0 Å². The van der Waals surface area contributed by atoms with E-state index in [9.17, 15) is 9.18 Å². The fraction of sp³-hybridized carbons (Fsp3) is 0.250. The van der Waals surface area contributed by atoms with E-state index in [4.69, 9.17) is 0 Å². The molecule has 0 aromatic heterocycles. The average molecular weight is 192 g/mol. The number of carbonyl (C=O) groups is 1. The lowest BCUT2D eigenvalue weighted by atomic mass is 9.98. The van der Waals surface area contributed by atoms with Crippen LogP contribution in [0.2, 0.25) is 0 Å². The second kappa shape index (κ2) is 3.74. The zero-order valence-electron chi connectivity index (χ0n) is 8.65. The van der Waals surface area contributed by atoms with Crippen LogP contribution in [0.1, 0.15) is 28.4 Å². The number of aryl methyl sites for hydroxylation is 2. The van der Waals surface area contributed by atoms with E-state index in [1.54, 1.807) is 26.8 Å². The van der Waals surface area contributed by atoms with E-state index >= 15 is 0 Å². The Hall–Kier alpha value is -1.44. The van der Waals surface area contributed by atoms with Gasteiger partial charge in [-0.3, -0.25) is 4.79 Å². The van der Waals surface area contributed by atoms with E-state index in [1.165, 1.54) is 6.07 Å². The van der Waals surface area contributed by atoms with Gasteiger partial charge in [-0.2, -0.15) is 0 Å². The first kappa shape index (κ1) is 10.6. The molecule has 0 aliphatic heterocycles. The van der Waals surface area contributed by atoms with Gasteiger partial charge in [0.05, 0.1) is 5.56 Å². The molecule has 0 radical (unpaired) electrons. The molecule has 0 amide bonds. The largest absolute Gasteiger partial charge is 0.289 e. The quantitative estimate of drug-likeness (QED) is 0.519. The van der Waals surface area contributed by atoms with Crippen LogP contribution in [0, 0.1) is 19.7 Å². The van der Waals surface area contributed by atoms with Gasteiger partial charge in [0, 0.05) is 0 Å². The van der Waals surface area contributed by atoms with Crippen molar-refractivity contribution in [2.24, 2.45) is 0 Å². The van der Waals surface area contributed by atoms with Crippen LogP contribution in [0.3, 0.4) is 0 Å². The van der Waals surface area contributed by atoms with Crippen LogP contribution in [0.15, 0.2) is 24.3 Å². The summed E-state index contributed by atoms with van der Waals surface area (Å²) in [5.74, 6) is -0.782. The summed E-state index contributed by atoms with van der Waals surface area (Å²) in [7, 11) is 0. The van der Waals surface area contributed by atoms with Crippen LogP contribution < -0.4 is 0 Å². The highest BCUT2D eigenvalue weighted by Gasteiger charge is 2.15. The van der Waals surface area contributed by atoms with E-state index in [2.05, 4.69) is 6.58 Å². The standard InChI is InChI=1S/C12H13FO/c1-7(2)12(14)11-9(4)5-8(3)6-10(11)13/h5-6H,1H2,2-4H3. The van der Waals surface area contributed by atoms with Gasteiger partial charge in [-0.1, -0.05) is 12.6 Å². The first-order valence-electron chi connectivity index (χ1n) is 4.40. The Morgan fingerprint density at radius 3 is 2.36 bits per heavy atom. The number of carbonyl (C=O) groups excluding carboxylic acids is 1. The lowest BCUT2D eigenvalue weighted by Crippen LogP contribution is -2.06. The minimum atomic E-state index is -0.462. The van der Waals surface area contributed by atoms with Gasteiger partial charge in [0.2, 0.25) is 0 Å². The van der Waals surface area contributed by atoms with Crippen molar-refractivity contribution < 1.29 is 9.18 Å².